The summed E-state index contributed by atoms with van der Waals surface area (Å²) in [5.74, 6) is 0. The van der Waals surface area contributed by atoms with E-state index in [1.54, 1.807) is 0 Å². The fourth-order valence-electron chi connectivity index (χ4n) is 2.09. The van der Waals surface area contributed by atoms with Crippen LogP contribution in [0.1, 0.15) is 34.6 Å². The normalized spacial score (nSPS) is 31.5. The van der Waals surface area contributed by atoms with Crippen LogP contribution in [0.25, 0.3) is 0 Å². The van der Waals surface area contributed by atoms with Crippen LogP contribution in [0.4, 0.5) is 0 Å². The molecule has 0 bridgehead atoms. The van der Waals surface area contributed by atoms with E-state index < -0.39 is 0 Å². The molecule has 0 aromatic rings. The van der Waals surface area contributed by atoms with Gasteiger partial charge in [-0.3, -0.25) is 0 Å². The molecule has 0 aromatic heterocycles. The van der Waals surface area contributed by atoms with Crippen LogP contribution in [-0.4, -0.2) is 12.6 Å². The lowest BCUT2D eigenvalue weighted by Gasteiger charge is -2.52. The zero-order valence-electron chi connectivity index (χ0n) is 7.78. The van der Waals surface area contributed by atoms with Gasteiger partial charge in [-0.25, -0.2) is 0 Å². The van der Waals surface area contributed by atoms with E-state index in [0.717, 1.165) is 0 Å². The molecule has 1 N–H and O–H groups in total. The van der Waals surface area contributed by atoms with Gasteiger partial charge in [0.15, 0.2) is 0 Å². The smallest absolute Gasteiger partial charge is 0.0179 e. The third kappa shape index (κ3) is 1.20. The van der Waals surface area contributed by atoms with Gasteiger partial charge in [-0.15, -0.1) is 0 Å². The molecule has 1 aliphatic rings. The Morgan fingerprint density at radius 2 is 1.80 bits per heavy atom. The maximum atomic E-state index is 3.48. The van der Waals surface area contributed by atoms with E-state index in [0.29, 0.717) is 16.9 Å². The minimum atomic E-state index is 0.418. The lowest BCUT2D eigenvalue weighted by atomic mass is 9.66. The highest BCUT2D eigenvalue weighted by Crippen LogP contribution is 2.39. The zero-order chi connectivity index (χ0) is 7.99. The molecule has 0 aliphatic carbocycles. The Labute approximate surface area is 64.2 Å². The van der Waals surface area contributed by atoms with Crippen molar-refractivity contribution < 1.29 is 0 Å². The maximum Gasteiger partial charge on any atom is 0.0179 e. The van der Waals surface area contributed by atoms with Gasteiger partial charge in [0.2, 0.25) is 0 Å². The molecule has 1 nitrogen and oxygen atoms in total. The van der Waals surface area contributed by atoms with Crippen LogP contribution in [0.5, 0.6) is 0 Å². The van der Waals surface area contributed by atoms with Gasteiger partial charge < -0.3 is 5.32 Å². The summed E-state index contributed by atoms with van der Waals surface area (Å²) >= 11 is 0. The van der Waals surface area contributed by atoms with E-state index >= 15 is 0 Å². The molecule has 1 fully saturated rings. The third-order valence-electron chi connectivity index (χ3n) is 2.41. The topological polar surface area (TPSA) is 12.0 Å². The van der Waals surface area contributed by atoms with Gasteiger partial charge in [0, 0.05) is 12.6 Å². The molecule has 1 aliphatic heterocycles. The maximum absolute atomic E-state index is 3.48. The second kappa shape index (κ2) is 1.97. The van der Waals surface area contributed by atoms with E-state index in [9.17, 15) is 0 Å². The van der Waals surface area contributed by atoms with E-state index in [-0.39, 0.29) is 0 Å². The first-order chi connectivity index (χ1) is 4.34. The van der Waals surface area contributed by atoms with Crippen molar-refractivity contribution in [2.75, 3.05) is 6.54 Å². The highest BCUT2D eigenvalue weighted by molar-refractivity contribution is 5.01. The van der Waals surface area contributed by atoms with Crippen molar-refractivity contribution in [2.45, 2.75) is 40.7 Å². The molecule has 1 saturated heterocycles. The molecule has 0 radical (unpaired) electrons. The average Bonchev–Trinajstić information content (AvgIpc) is 1.58. The number of hydrogen-bond acceptors (Lipinski definition) is 1. The Hall–Kier alpha value is -0.0400. The molecule has 10 heavy (non-hydrogen) atoms. The fourth-order valence-corrected chi connectivity index (χ4v) is 2.09. The number of nitrogens with one attached hydrogen (secondary N) is 1. The first kappa shape index (κ1) is 8.06. The van der Waals surface area contributed by atoms with Crippen molar-refractivity contribution in [3.8, 4) is 0 Å². The lowest BCUT2D eigenvalue weighted by Crippen LogP contribution is -2.64. The lowest BCUT2D eigenvalue weighted by molar-refractivity contribution is 0.0386. The molecule has 0 aromatic carbocycles. The summed E-state index contributed by atoms with van der Waals surface area (Å²) in [6.45, 7) is 12.7. The largest absolute Gasteiger partial charge is 0.312 e. The summed E-state index contributed by atoms with van der Waals surface area (Å²) in [5.41, 5.74) is 0.931. The second-order valence-corrected chi connectivity index (χ2v) is 5.17. The van der Waals surface area contributed by atoms with Crippen molar-refractivity contribution >= 4 is 0 Å². The highest BCUT2D eigenvalue weighted by Gasteiger charge is 2.44. The molecule has 0 amide bonds. The Bertz CT molecular complexity index is 120. The molecule has 1 heterocycles. The molecule has 1 atom stereocenters. The minimum absolute atomic E-state index is 0.418. The number of hydrogen-bond donors (Lipinski definition) is 1. The Kier molecular flexibility index (Phi) is 1.59. The van der Waals surface area contributed by atoms with Crippen LogP contribution in [0.15, 0.2) is 0 Å². The van der Waals surface area contributed by atoms with Crippen LogP contribution < -0.4 is 5.32 Å². The quantitative estimate of drug-likeness (QED) is 0.544. The highest BCUT2D eigenvalue weighted by atomic mass is 15.0. The summed E-state index contributed by atoms with van der Waals surface area (Å²) in [4.78, 5) is 0. The van der Waals surface area contributed by atoms with E-state index in [1.807, 2.05) is 0 Å². The predicted octanol–water partition coefficient (Wildman–Crippen LogP) is 2.03. The van der Waals surface area contributed by atoms with Crippen molar-refractivity contribution in [3.05, 3.63) is 0 Å². The monoisotopic (exact) mass is 141 g/mol. The van der Waals surface area contributed by atoms with Crippen molar-refractivity contribution in [3.63, 3.8) is 0 Å². The van der Waals surface area contributed by atoms with Crippen LogP contribution in [0, 0.1) is 10.8 Å². The fraction of sp³-hybridized carbons (Fsp3) is 1.00. The Morgan fingerprint density at radius 3 is 1.80 bits per heavy atom. The van der Waals surface area contributed by atoms with Crippen molar-refractivity contribution in [1.82, 2.24) is 5.32 Å². The summed E-state index contributed by atoms with van der Waals surface area (Å²) in [5, 5.41) is 3.48. The van der Waals surface area contributed by atoms with E-state index in [4.69, 9.17) is 0 Å². The first-order valence-corrected chi connectivity index (χ1v) is 4.07. The van der Waals surface area contributed by atoms with Gasteiger partial charge in [-0.1, -0.05) is 34.6 Å². The predicted molar refractivity (Wildman–Crippen MR) is 45.0 cm³/mol. The third-order valence-corrected chi connectivity index (χ3v) is 2.41. The van der Waals surface area contributed by atoms with E-state index in [2.05, 4.69) is 39.9 Å². The molecule has 0 spiro atoms. The van der Waals surface area contributed by atoms with Crippen LogP contribution in [0.2, 0.25) is 0 Å². The molecular weight excluding hydrogens is 122 g/mol. The zero-order valence-corrected chi connectivity index (χ0v) is 7.78. The van der Waals surface area contributed by atoms with Crippen LogP contribution >= 0.6 is 0 Å². The van der Waals surface area contributed by atoms with Gasteiger partial charge in [0.05, 0.1) is 0 Å². The molecule has 1 rings (SSSR count). The SMILES string of the molecule is CC(C)(C)C1NCC1(C)C. The summed E-state index contributed by atoms with van der Waals surface area (Å²) in [7, 11) is 0. The van der Waals surface area contributed by atoms with Crippen molar-refractivity contribution in [2.24, 2.45) is 10.8 Å². The molecule has 1 heteroatoms. The summed E-state index contributed by atoms with van der Waals surface area (Å²) < 4.78 is 0. The van der Waals surface area contributed by atoms with Gasteiger partial charge in [0.1, 0.15) is 0 Å². The van der Waals surface area contributed by atoms with Crippen molar-refractivity contribution in [1.29, 1.82) is 0 Å². The molecular formula is C9H19N. The minimum Gasteiger partial charge on any atom is -0.312 e. The summed E-state index contributed by atoms with van der Waals surface area (Å²) in [6.07, 6.45) is 0. The van der Waals surface area contributed by atoms with E-state index in [1.165, 1.54) is 6.54 Å². The second-order valence-electron chi connectivity index (χ2n) is 5.17. The van der Waals surface area contributed by atoms with Gasteiger partial charge in [0.25, 0.3) is 0 Å². The average molecular weight is 141 g/mol. The van der Waals surface area contributed by atoms with Gasteiger partial charge in [-0.05, 0) is 10.8 Å². The van der Waals surface area contributed by atoms with Gasteiger partial charge in [-0.2, -0.15) is 0 Å². The first-order valence-electron chi connectivity index (χ1n) is 4.07. The molecule has 1 unspecified atom stereocenters. The molecule has 0 saturated carbocycles. The standard InChI is InChI=1S/C9H19N/c1-8(2,3)7-9(4,5)6-10-7/h7,10H,6H2,1-5H3. The van der Waals surface area contributed by atoms with Crippen LogP contribution in [0.3, 0.4) is 0 Å². The Balaban J connectivity index is 2.60. The Morgan fingerprint density at radius 1 is 1.30 bits per heavy atom. The van der Waals surface area contributed by atoms with Gasteiger partial charge >= 0.3 is 0 Å². The van der Waals surface area contributed by atoms with Crippen LogP contribution in [-0.2, 0) is 0 Å². The molecule has 60 valence electrons. The number of rotatable bonds is 0. The summed E-state index contributed by atoms with van der Waals surface area (Å²) in [6, 6.07) is 0.694.